The number of nitrogens with zero attached hydrogens (tertiary/aromatic N) is 4. The summed E-state index contributed by atoms with van der Waals surface area (Å²) >= 11 is 0. The van der Waals surface area contributed by atoms with Crippen molar-refractivity contribution >= 4 is 0 Å². The number of ether oxygens (including phenoxy) is 1. The number of aryl methyl sites for hydroxylation is 2. The first-order valence-electron chi connectivity index (χ1n) is 8.79. The Bertz CT molecular complexity index is 844. The zero-order valence-corrected chi connectivity index (χ0v) is 15.9. The minimum atomic E-state index is 0.103. The molecule has 2 heterocycles. The van der Waals surface area contributed by atoms with Crippen LogP contribution in [0, 0.1) is 13.8 Å². The molecule has 1 atom stereocenters. The highest BCUT2D eigenvalue weighted by molar-refractivity contribution is 5.39. The molecule has 5 heteroatoms. The molecule has 3 rings (SSSR count). The summed E-state index contributed by atoms with van der Waals surface area (Å²) in [5.74, 6) is 0. The molecular formula is C21H26N4O. The van der Waals surface area contributed by atoms with Crippen molar-refractivity contribution < 1.29 is 4.74 Å². The SMILES string of the molecule is COC[C@@H](c1ccccn1)N(C)Cc1cnn(-c2ccc(C)c(C)c2)c1. The van der Waals surface area contributed by atoms with E-state index in [4.69, 9.17) is 4.74 Å². The second kappa shape index (κ2) is 8.25. The number of hydrogen-bond acceptors (Lipinski definition) is 4. The zero-order chi connectivity index (χ0) is 18.5. The highest BCUT2D eigenvalue weighted by atomic mass is 16.5. The third-order valence-corrected chi connectivity index (χ3v) is 4.71. The summed E-state index contributed by atoms with van der Waals surface area (Å²) in [4.78, 5) is 6.73. The molecule has 5 nitrogen and oxygen atoms in total. The van der Waals surface area contributed by atoms with Crippen molar-refractivity contribution in [2.75, 3.05) is 20.8 Å². The Morgan fingerprint density at radius 2 is 2.00 bits per heavy atom. The van der Waals surface area contributed by atoms with Gasteiger partial charge < -0.3 is 4.74 Å². The van der Waals surface area contributed by atoms with Crippen molar-refractivity contribution in [1.82, 2.24) is 19.7 Å². The van der Waals surface area contributed by atoms with Crippen LogP contribution in [0.1, 0.15) is 28.4 Å². The summed E-state index contributed by atoms with van der Waals surface area (Å²) in [7, 11) is 3.81. The molecule has 1 aromatic carbocycles. The Labute approximate surface area is 155 Å². The Kier molecular flexibility index (Phi) is 5.81. The first kappa shape index (κ1) is 18.3. The van der Waals surface area contributed by atoms with Gasteiger partial charge in [0, 0.05) is 31.6 Å². The maximum Gasteiger partial charge on any atom is 0.0757 e. The van der Waals surface area contributed by atoms with Gasteiger partial charge in [0.2, 0.25) is 0 Å². The molecule has 26 heavy (non-hydrogen) atoms. The van der Waals surface area contributed by atoms with Crippen molar-refractivity contribution in [1.29, 1.82) is 0 Å². The summed E-state index contributed by atoms with van der Waals surface area (Å²) in [6, 6.07) is 12.5. The normalized spacial score (nSPS) is 12.5. The van der Waals surface area contributed by atoms with Gasteiger partial charge in [-0.25, -0.2) is 4.68 Å². The monoisotopic (exact) mass is 350 g/mol. The summed E-state index contributed by atoms with van der Waals surface area (Å²) in [6.45, 7) is 5.61. The lowest BCUT2D eigenvalue weighted by Gasteiger charge is -2.26. The molecule has 0 aliphatic carbocycles. The molecule has 0 amide bonds. The smallest absolute Gasteiger partial charge is 0.0757 e. The molecule has 0 unspecified atom stereocenters. The molecule has 0 spiro atoms. The topological polar surface area (TPSA) is 43.2 Å². The molecule has 0 N–H and O–H groups in total. The van der Waals surface area contributed by atoms with Crippen LogP contribution in [0.15, 0.2) is 55.0 Å². The van der Waals surface area contributed by atoms with Crippen molar-refractivity contribution in [3.63, 3.8) is 0 Å². The average molecular weight is 350 g/mol. The fourth-order valence-electron chi connectivity index (χ4n) is 3.02. The minimum absolute atomic E-state index is 0.103. The largest absolute Gasteiger partial charge is 0.383 e. The van der Waals surface area contributed by atoms with Crippen LogP contribution in [0.3, 0.4) is 0 Å². The maximum atomic E-state index is 5.41. The van der Waals surface area contributed by atoms with Crippen molar-refractivity contribution in [3.05, 3.63) is 77.4 Å². The van der Waals surface area contributed by atoms with Crippen LogP contribution in [-0.4, -0.2) is 40.4 Å². The van der Waals surface area contributed by atoms with Crippen LogP contribution in [0.5, 0.6) is 0 Å². The lowest BCUT2D eigenvalue weighted by atomic mass is 10.1. The van der Waals surface area contributed by atoms with Gasteiger partial charge in [-0.2, -0.15) is 5.10 Å². The van der Waals surface area contributed by atoms with Crippen LogP contribution in [0.25, 0.3) is 5.69 Å². The summed E-state index contributed by atoms with van der Waals surface area (Å²) < 4.78 is 7.35. The van der Waals surface area contributed by atoms with E-state index in [2.05, 4.69) is 60.3 Å². The van der Waals surface area contributed by atoms with Gasteiger partial charge in [-0.05, 0) is 56.3 Å². The van der Waals surface area contributed by atoms with E-state index < -0.39 is 0 Å². The molecular weight excluding hydrogens is 324 g/mol. The minimum Gasteiger partial charge on any atom is -0.383 e. The van der Waals surface area contributed by atoms with Crippen LogP contribution < -0.4 is 0 Å². The van der Waals surface area contributed by atoms with E-state index >= 15 is 0 Å². The second-order valence-electron chi connectivity index (χ2n) is 6.70. The van der Waals surface area contributed by atoms with Gasteiger partial charge in [0.05, 0.1) is 30.2 Å². The van der Waals surface area contributed by atoms with Crippen LogP contribution in [0.2, 0.25) is 0 Å². The maximum absolute atomic E-state index is 5.41. The Hall–Kier alpha value is -2.50. The highest BCUT2D eigenvalue weighted by Crippen LogP contribution is 2.20. The van der Waals surface area contributed by atoms with E-state index in [9.17, 15) is 0 Å². The molecule has 0 fully saturated rings. The molecule has 3 aromatic rings. The third-order valence-electron chi connectivity index (χ3n) is 4.71. The third kappa shape index (κ3) is 4.18. The van der Waals surface area contributed by atoms with Crippen LogP contribution in [0.4, 0.5) is 0 Å². The number of pyridine rings is 1. The fraction of sp³-hybridized carbons (Fsp3) is 0.333. The van der Waals surface area contributed by atoms with Crippen LogP contribution in [-0.2, 0) is 11.3 Å². The molecule has 136 valence electrons. The Morgan fingerprint density at radius 1 is 1.15 bits per heavy atom. The van der Waals surface area contributed by atoms with Crippen molar-refractivity contribution in [2.45, 2.75) is 26.4 Å². The number of rotatable bonds is 7. The number of methoxy groups -OCH3 is 1. The van der Waals surface area contributed by atoms with E-state index in [1.807, 2.05) is 35.3 Å². The Balaban J connectivity index is 1.75. The van der Waals surface area contributed by atoms with Gasteiger partial charge in [0.25, 0.3) is 0 Å². The predicted octanol–water partition coefficient (Wildman–Crippen LogP) is 3.70. The number of aromatic nitrogens is 3. The molecule has 0 aliphatic rings. The van der Waals surface area contributed by atoms with E-state index in [1.54, 1.807) is 7.11 Å². The quantitative estimate of drug-likeness (QED) is 0.652. The number of benzene rings is 1. The fourth-order valence-corrected chi connectivity index (χ4v) is 3.02. The van der Waals surface area contributed by atoms with E-state index in [0.717, 1.165) is 23.5 Å². The first-order valence-corrected chi connectivity index (χ1v) is 8.79. The lowest BCUT2D eigenvalue weighted by Crippen LogP contribution is -2.28. The van der Waals surface area contributed by atoms with E-state index in [-0.39, 0.29) is 6.04 Å². The van der Waals surface area contributed by atoms with Gasteiger partial charge >= 0.3 is 0 Å². The molecule has 0 saturated carbocycles. The molecule has 0 saturated heterocycles. The van der Waals surface area contributed by atoms with E-state index in [1.165, 1.54) is 11.1 Å². The van der Waals surface area contributed by atoms with E-state index in [0.29, 0.717) is 6.61 Å². The van der Waals surface area contributed by atoms with Gasteiger partial charge in [-0.1, -0.05) is 12.1 Å². The van der Waals surface area contributed by atoms with Gasteiger partial charge in [-0.15, -0.1) is 0 Å². The average Bonchev–Trinajstić information content (AvgIpc) is 3.11. The molecule has 2 aromatic heterocycles. The zero-order valence-electron chi connectivity index (χ0n) is 15.9. The van der Waals surface area contributed by atoms with Gasteiger partial charge in [0.1, 0.15) is 0 Å². The first-order chi connectivity index (χ1) is 12.6. The summed E-state index contributed by atoms with van der Waals surface area (Å²) in [6.07, 6.45) is 5.83. The highest BCUT2D eigenvalue weighted by Gasteiger charge is 2.19. The molecule has 0 bridgehead atoms. The summed E-state index contributed by atoms with van der Waals surface area (Å²) in [5.41, 5.74) is 5.81. The standard InChI is InChI=1S/C21H26N4O/c1-16-8-9-19(11-17(16)2)25-14-18(12-23-25)13-24(3)21(15-26-4)20-7-5-6-10-22-20/h5-12,14,21H,13,15H2,1-4H3/t21-/m0/s1. The Morgan fingerprint density at radius 3 is 2.69 bits per heavy atom. The van der Waals surface area contributed by atoms with Gasteiger partial charge in [-0.3, -0.25) is 9.88 Å². The number of likely N-dealkylation sites (N-methyl/N-ethyl adjacent to an activating group) is 1. The second-order valence-corrected chi connectivity index (χ2v) is 6.70. The number of hydrogen-bond donors (Lipinski definition) is 0. The predicted molar refractivity (Wildman–Crippen MR) is 103 cm³/mol. The molecule has 0 radical (unpaired) electrons. The molecule has 0 aliphatic heterocycles. The summed E-state index contributed by atoms with van der Waals surface area (Å²) in [5, 5.41) is 4.53. The lowest BCUT2D eigenvalue weighted by molar-refractivity contribution is 0.1000. The van der Waals surface area contributed by atoms with Gasteiger partial charge in [0.15, 0.2) is 0 Å². The van der Waals surface area contributed by atoms with Crippen molar-refractivity contribution in [2.24, 2.45) is 0 Å². The van der Waals surface area contributed by atoms with Crippen molar-refractivity contribution in [3.8, 4) is 5.69 Å². The van der Waals surface area contributed by atoms with Crippen LogP contribution >= 0.6 is 0 Å².